The number of alkyl halides is 2. The number of hydrogen-bond donors (Lipinski definition) is 2. The maximum atomic E-state index is 13.6. The van der Waals surface area contributed by atoms with Crippen LogP contribution in [0.1, 0.15) is 6.42 Å². The van der Waals surface area contributed by atoms with Crippen LogP contribution in [0.5, 0.6) is 5.75 Å². The Balaban J connectivity index is 2.65. The summed E-state index contributed by atoms with van der Waals surface area (Å²) in [5, 5.41) is 10.7. The van der Waals surface area contributed by atoms with Crippen molar-refractivity contribution in [2.75, 3.05) is 18.9 Å². The molecule has 9 heteroatoms. The van der Waals surface area contributed by atoms with Gasteiger partial charge in [-0.15, -0.1) is 0 Å². The average molecular weight is 306 g/mol. The highest BCUT2D eigenvalue weighted by Gasteiger charge is 2.14. The summed E-state index contributed by atoms with van der Waals surface area (Å²) in [6, 6.07) is 2.12. The molecule has 2 amide bonds. The van der Waals surface area contributed by atoms with Gasteiger partial charge in [-0.05, 0) is 12.1 Å². The van der Waals surface area contributed by atoms with Crippen molar-refractivity contribution in [2.24, 2.45) is 0 Å². The number of urea groups is 1. The number of carboxylic acids is 1. The Morgan fingerprint density at radius 1 is 1.43 bits per heavy atom. The fraction of sp³-hybridized carbons (Fsp3) is 0.333. The van der Waals surface area contributed by atoms with E-state index in [2.05, 4.69) is 10.1 Å². The van der Waals surface area contributed by atoms with E-state index in [1.807, 2.05) is 0 Å². The van der Waals surface area contributed by atoms with Crippen LogP contribution < -0.4 is 10.1 Å². The summed E-state index contributed by atoms with van der Waals surface area (Å²) < 4.78 is 41.5. The quantitative estimate of drug-likeness (QED) is 0.845. The summed E-state index contributed by atoms with van der Waals surface area (Å²) in [6.07, 6.45) is -0.256. The fourth-order valence-corrected chi connectivity index (χ4v) is 1.35. The Kier molecular flexibility index (Phi) is 5.82. The van der Waals surface area contributed by atoms with Gasteiger partial charge in [-0.25, -0.2) is 9.18 Å². The number of hydrogen-bond acceptors (Lipinski definition) is 3. The number of nitrogens with one attached hydrogen (secondary N) is 1. The number of amides is 2. The molecule has 0 spiro atoms. The number of halogens is 3. The highest BCUT2D eigenvalue weighted by atomic mass is 19.3. The van der Waals surface area contributed by atoms with Crippen molar-refractivity contribution >= 4 is 17.7 Å². The van der Waals surface area contributed by atoms with Crippen molar-refractivity contribution in [2.45, 2.75) is 13.0 Å². The fourth-order valence-electron chi connectivity index (χ4n) is 1.35. The van der Waals surface area contributed by atoms with Crippen LogP contribution in [0.4, 0.5) is 23.7 Å². The Labute approximate surface area is 118 Å². The van der Waals surface area contributed by atoms with Gasteiger partial charge in [0.2, 0.25) is 0 Å². The normalized spacial score (nSPS) is 10.3. The number of ether oxygens (including phenoxy) is 1. The zero-order chi connectivity index (χ0) is 16.0. The highest BCUT2D eigenvalue weighted by Crippen LogP contribution is 2.22. The van der Waals surface area contributed by atoms with Gasteiger partial charge in [0.1, 0.15) is 11.6 Å². The summed E-state index contributed by atoms with van der Waals surface area (Å²) >= 11 is 0. The van der Waals surface area contributed by atoms with Crippen LogP contribution in [-0.4, -0.2) is 42.2 Å². The van der Waals surface area contributed by atoms with Gasteiger partial charge in [0.05, 0.1) is 12.1 Å². The predicted molar refractivity (Wildman–Crippen MR) is 66.9 cm³/mol. The number of anilines is 1. The molecule has 2 N–H and O–H groups in total. The maximum absolute atomic E-state index is 13.6. The number of aliphatic carboxylic acids is 1. The van der Waals surface area contributed by atoms with Gasteiger partial charge in [0.15, 0.2) is 0 Å². The minimum Gasteiger partial charge on any atom is -0.481 e. The van der Waals surface area contributed by atoms with Gasteiger partial charge in [0, 0.05) is 19.7 Å². The van der Waals surface area contributed by atoms with Crippen molar-refractivity contribution in [1.82, 2.24) is 4.90 Å². The highest BCUT2D eigenvalue weighted by molar-refractivity contribution is 5.89. The van der Waals surface area contributed by atoms with Crippen LogP contribution in [0.3, 0.4) is 0 Å². The van der Waals surface area contributed by atoms with E-state index < -0.39 is 24.4 Å². The van der Waals surface area contributed by atoms with E-state index in [0.717, 1.165) is 17.0 Å². The minimum atomic E-state index is -3.08. The molecule has 0 heterocycles. The van der Waals surface area contributed by atoms with Crippen molar-refractivity contribution in [3.05, 3.63) is 24.0 Å². The second-order valence-electron chi connectivity index (χ2n) is 4.02. The first-order valence-corrected chi connectivity index (χ1v) is 5.78. The molecule has 1 aromatic carbocycles. The van der Waals surface area contributed by atoms with E-state index in [0.29, 0.717) is 6.07 Å². The SMILES string of the molecule is CN(CCC(=O)O)C(=O)Nc1ccc(OC(F)F)cc1F. The molecular weight excluding hydrogens is 293 g/mol. The Morgan fingerprint density at radius 2 is 2.10 bits per heavy atom. The summed E-state index contributed by atoms with van der Waals surface area (Å²) in [6.45, 7) is -3.14. The van der Waals surface area contributed by atoms with E-state index in [9.17, 15) is 22.8 Å². The number of rotatable bonds is 6. The van der Waals surface area contributed by atoms with E-state index >= 15 is 0 Å². The summed E-state index contributed by atoms with van der Waals surface area (Å²) in [7, 11) is 1.34. The molecule has 0 saturated carbocycles. The zero-order valence-electron chi connectivity index (χ0n) is 11.0. The summed E-state index contributed by atoms with van der Waals surface area (Å²) in [4.78, 5) is 23.1. The van der Waals surface area contributed by atoms with Gasteiger partial charge in [-0.1, -0.05) is 0 Å². The monoisotopic (exact) mass is 306 g/mol. The molecule has 1 rings (SSSR count). The van der Waals surface area contributed by atoms with E-state index in [1.54, 1.807) is 0 Å². The lowest BCUT2D eigenvalue weighted by molar-refractivity contribution is -0.137. The molecule has 0 aliphatic rings. The van der Waals surface area contributed by atoms with Gasteiger partial charge >= 0.3 is 18.6 Å². The molecule has 1 aromatic rings. The van der Waals surface area contributed by atoms with E-state index in [4.69, 9.17) is 5.11 Å². The molecule has 0 atom stereocenters. The number of benzene rings is 1. The van der Waals surface area contributed by atoms with E-state index in [-0.39, 0.29) is 24.4 Å². The summed E-state index contributed by atoms with van der Waals surface area (Å²) in [5.41, 5.74) is -0.233. The first kappa shape index (κ1) is 16.6. The van der Waals surface area contributed by atoms with Crippen molar-refractivity contribution in [3.8, 4) is 5.75 Å². The number of carbonyl (C=O) groups is 2. The first-order chi connectivity index (χ1) is 9.79. The Hall–Kier alpha value is -2.45. The standard InChI is InChI=1S/C12H13F3N2O4/c1-17(5-4-10(18)19)12(20)16-9-3-2-7(6-8(9)13)21-11(14)15/h2-3,6,11H,4-5H2,1H3,(H,16,20)(H,18,19). The van der Waals surface area contributed by atoms with E-state index in [1.165, 1.54) is 7.05 Å². The number of nitrogens with zero attached hydrogens (tertiary/aromatic N) is 1. The molecule has 0 radical (unpaired) electrons. The molecule has 0 unspecified atom stereocenters. The van der Waals surface area contributed by atoms with Gasteiger partial charge in [-0.2, -0.15) is 8.78 Å². The van der Waals surface area contributed by atoms with Gasteiger partial charge < -0.3 is 20.1 Å². The molecule has 0 saturated heterocycles. The molecule has 0 fully saturated rings. The number of carbonyl (C=O) groups excluding carboxylic acids is 1. The number of carboxylic acid groups (broad SMARTS) is 1. The molecule has 0 aliphatic heterocycles. The van der Waals surface area contributed by atoms with Crippen molar-refractivity contribution < 1.29 is 32.6 Å². The molecule has 6 nitrogen and oxygen atoms in total. The minimum absolute atomic E-state index is 0.0602. The predicted octanol–water partition coefficient (Wildman–Crippen LogP) is 2.37. The topological polar surface area (TPSA) is 78.9 Å². The molecule has 116 valence electrons. The van der Waals surface area contributed by atoms with Crippen LogP contribution in [0.2, 0.25) is 0 Å². The molecule has 0 aromatic heterocycles. The average Bonchev–Trinajstić information content (AvgIpc) is 2.38. The third-order valence-electron chi connectivity index (χ3n) is 2.42. The second-order valence-corrected chi connectivity index (χ2v) is 4.02. The zero-order valence-corrected chi connectivity index (χ0v) is 11.0. The summed E-state index contributed by atoms with van der Waals surface area (Å²) in [5.74, 6) is -2.40. The van der Waals surface area contributed by atoms with Gasteiger partial charge in [0.25, 0.3) is 0 Å². The Morgan fingerprint density at radius 3 is 2.62 bits per heavy atom. The first-order valence-electron chi connectivity index (χ1n) is 5.78. The second kappa shape index (κ2) is 7.36. The Bertz CT molecular complexity index is 525. The van der Waals surface area contributed by atoms with Crippen LogP contribution in [-0.2, 0) is 4.79 Å². The van der Waals surface area contributed by atoms with Gasteiger partial charge in [-0.3, -0.25) is 4.79 Å². The molecular formula is C12H13F3N2O4. The lowest BCUT2D eigenvalue weighted by Crippen LogP contribution is -2.33. The lowest BCUT2D eigenvalue weighted by atomic mass is 10.3. The third-order valence-corrected chi connectivity index (χ3v) is 2.42. The van der Waals surface area contributed by atoms with Crippen molar-refractivity contribution in [1.29, 1.82) is 0 Å². The van der Waals surface area contributed by atoms with Crippen LogP contribution in [0.15, 0.2) is 18.2 Å². The lowest BCUT2D eigenvalue weighted by Gasteiger charge is -2.17. The van der Waals surface area contributed by atoms with Crippen LogP contribution in [0, 0.1) is 5.82 Å². The molecule has 0 aliphatic carbocycles. The maximum Gasteiger partial charge on any atom is 0.387 e. The largest absolute Gasteiger partial charge is 0.481 e. The molecule has 21 heavy (non-hydrogen) atoms. The van der Waals surface area contributed by atoms with Crippen LogP contribution in [0.25, 0.3) is 0 Å². The smallest absolute Gasteiger partial charge is 0.387 e. The van der Waals surface area contributed by atoms with Crippen LogP contribution >= 0.6 is 0 Å². The molecule has 0 bridgehead atoms. The third kappa shape index (κ3) is 5.59. The van der Waals surface area contributed by atoms with Crippen molar-refractivity contribution in [3.63, 3.8) is 0 Å².